The van der Waals surface area contributed by atoms with Gasteiger partial charge in [-0.15, -0.1) is 0 Å². The van der Waals surface area contributed by atoms with Crippen molar-refractivity contribution in [3.8, 4) is 16.9 Å². The molecule has 0 saturated carbocycles. The molecule has 1 aromatic heterocycles. The lowest BCUT2D eigenvalue weighted by molar-refractivity contribution is -0.0551. The molecule has 2 atom stereocenters. The molecule has 0 aliphatic heterocycles. The second kappa shape index (κ2) is 9.63. The first-order chi connectivity index (χ1) is 15.5. The largest absolute Gasteiger partial charge is 0.382 e. The van der Waals surface area contributed by atoms with E-state index in [1.807, 2.05) is 0 Å². The number of halogens is 7. The fourth-order valence-electron chi connectivity index (χ4n) is 2.71. The van der Waals surface area contributed by atoms with Gasteiger partial charge in [0.15, 0.2) is 6.10 Å². The first kappa shape index (κ1) is 24.3. The Hall–Kier alpha value is -3.38. The molecular weight excluding hydrogens is 480 g/mol. The summed E-state index contributed by atoms with van der Waals surface area (Å²) in [6.07, 6.45) is -9.39. The van der Waals surface area contributed by atoms with Crippen LogP contribution in [0.25, 0.3) is 16.9 Å². The molecule has 0 aliphatic carbocycles. The Morgan fingerprint density at radius 3 is 2.24 bits per heavy atom. The van der Waals surface area contributed by atoms with Crippen LogP contribution >= 0.6 is 11.6 Å². The summed E-state index contributed by atoms with van der Waals surface area (Å²) < 4.78 is 80.5. The van der Waals surface area contributed by atoms with Gasteiger partial charge in [-0.2, -0.15) is 9.78 Å². The standard InChI is InChI=1S/C20H12ClF6N3O3/c21-13-2-1-8(3-14(13)24)15-7-12(19(32)28-18(27)16(31)17(25)26)20(33)30(29-15)11-5-9(22)4-10(23)6-11/h1-7,16-18,31H,(H,28,32)/t16-,18?/m0/s1. The average Bonchev–Trinajstić information content (AvgIpc) is 2.74. The zero-order chi connectivity index (χ0) is 24.4. The lowest BCUT2D eigenvalue weighted by Gasteiger charge is -2.17. The molecule has 3 aromatic rings. The normalized spacial score (nSPS) is 13.1. The maximum Gasteiger partial charge on any atom is 0.284 e. The SMILES string of the molecule is O=C(NC(F)[C@@H](O)C(F)F)c1cc(-c2ccc(Cl)c(F)c2)nn(-c2cc(F)cc(F)c2)c1=O. The van der Waals surface area contributed by atoms with Crippen molar-refractivity contribution in [2.24, 2.45) is 0 Å². The minimum absolute atomic E-state index is 0.0408. The lowest BCUT2D eigenvalue weighted by Crippen LogP contribution is -2.45. The molecule has 3 rings (SSSR count). The van der Waals surface area contributed by atoms with Gasteiger partial charge in [-0.3, -0.25) is 9.59 Å². The Morgan fingerprint density at radius 1 is 1.03 bits per heavy atom. The third-order valence-corrected chi connectivity index (χ3v) is 4.60. The molecule has 6 nitrogen and oxygen atoms in total. The summed E-state index contributed by atoms with van der Waals surface area (Å²) in [5.41, 5.74) is -3.02. The number of aliphatic hydroxyl groups excluding tert-OH is 1. The van der Waals surface area contributed by atoms with Gasteiger partial charge in [0.25, 0.3) is 17.9 Å². The number of nitrogens with zero attached hydrogens (tertiary/aromatic N) is 2. The van der Waals surface area contributed by atoms with Crippen LogP contribution in [-0.2, 0) is 0 Å². The van der Waals surface area contributed by atoms with Crippen molar-refractivity contribution in [2.45, 2.75) is 18.8 Å². The zero-order valence-corrected chi connectivity index (χ0v) is 16.8. The molecular formula is C20H12ClF6N3O3. The van der Waals surface area contributed by atoms with E-state index in [1.54, 1.807) is 0 Å². The van der Waals surface area contributed by atoms with Crippen LogP contribution in [0.5, 0.6) is 0 Å². The van der Waals surface area contributed by atoms with Gasteiger partial charge >= 0.3 is 0 Å². The van der Waals surface area contributed by atoms with Crippen molar-refractivity contribution in [3.63, 3.8) is 0 Å². The predicted molar refractivity (Wildman–Crippen MR) is 105 cm³/mol. The number of amides is 1. The summed E-state index contributed by atoms with van der Waals surface area (Å²) in [5, 5.41) is 14.1. The molecule has 174 valence electrons. The molecule has 2 N–H and O–H groups in total. The summed E-state index contributed by atoms with van der Waals surface area (Å²) in [6.45, 7) is 0. The number of rotatable bonds is 6. The van der Waals surface area contributed by atoms with Crippen LogP contribution in [0.1, 0.15) is 10.4 Å². The van der Waals surface area contributed by atoms with Crippen LogP contribution in [0.2, 0.25) is 5.02 Å². The fraction of sp³-hybridized carbons (Fsp3) is 0.150. The van der Waals surface area contributed by atoms with Gasteiger partial charge in [-0.25, -0.2) is 26.3 Å². The summed E-state index contributed by atoms with van der Waals surface area (Å²) >= 11 is 5.62. The lowest BCUT2D eigenvalue weighted by atomic mass is 10.1. The molecule has 0 spiro atoms. The third-order valence-electron chi connectivity index (χ3n) is 4.29. The van der Waals surface area contributed by atoms with Crippen LogP contribution in [0.3, 0.4) is 0 Å². The zero-order valence-electron chi connectivity index (χ0n) is 16.1. The van der Waals surface area contributed by atoms with E-state index in [-0.39, 0.29) is 16.3 Å². The van der Waals surface area contributed by atoms with Gasteiger partial charge in [-0.05, 0) is 30.3 Å². The Bertz CT molecular complexity index is 1250. The summed E-state index contributed by atoms with van der Waals surface area (Å²) in [6, 6.07) is 5.93. The van der Waals surface area contributed by atoms with E-state index < -0.39 is 59.0 Å². The first-order valence-corrected chi connectivity index (χ1v) is 9.33. The first-order valence-electron chi connectivity index (χ1n) is 8.95. The minimum atomic E-state index is -3.54. The Labute approximate surface area is 186 Å². The Morgan fingerprint density at radius 2 is 1.67 bits per heavy atom. The van der Waals surface area contributed by atoms with Crippen molar-refractivity contribution >= 4 is 17.5 Å². The summed E-state index contributed by atoms with van der Waals surface area (Å²) in [5.74, 6) is -4.65. The van der Waals surface area contributed by atoms with E-state index in [1.165, 1.54) is 11.4 Å². The molecule has 1 heterocycles. The second-order valence-electron chi connectivity index (χ2n) is 6.62. The molecule has 33 heavy (non-hydrogen) atoms. The van der Waals surface area contributed by atoms with Crippen molar-refractivity contribution < 1.29 is 36.2 Å². The average molecular weight is 492 g/mol. The number of aromatic nitrogens is 2. The number of benzene rings is 2. The van der Waals surface area contributed by atoms with Crippen LogP contribution in [0, 0.1) is 17.5 Å². The van der Waals surface area contributed by atoms with E-state index in [2.05, 4.69) is 5.10 Å². The van der Waals surface area contributed by atoms with Crippen LogP contribution < -0.4 is 10.9 Å². The predicted octanol–water partition coefficient (Wildman–Crippen LogP) is 3.62. The Kier molecular flexibility index (Phi) is 7.08. The van der Waals surface area contributed by atoms with Crippen molar-refractivity contribution in [2.75, 3.05) is 0 Å². The topological polar surface area (TPSA) is 84.2 Å². The highest BCUT2D eigenvalue weighted by Gasteiger charge is 2.30. The second-order valence-corrected chi connectivity index (χ2v) is 7.02. The highest BCUT2D eigenvalue weighted by atomic mass is 35.5. The molecule has 13 heteroatoms. The quantitative estimate of drug-likeness (QED) is 0.407. The highest BCUT2D eigenvalue weighted by molar-refractivity contribution is 6.30. The van der Waals surface area contributed by atoms with E-state index in [0.29, 0.717) is 22.9 Å². The van der Waals surface area contributed by atoms with Crippen LogP contribution in [0.15, 0.2) is 47.3 Å². The smallest absolute Gasteiger partial charge is 0.284 e. The highest BCUT2D eigenvalue weighted by Crippen LogP contribution is 2.24. The molecule has 0 aliphatic rings. The van der Waals surface area contributed by atoms with Crippen LogP contribution in [-0.4, -0.2) is 39.6 Å². The van der Waals surface area contributed by atoms with E-state index >= 15 is 0 Å². The van der Waals surface area contributed by atoms with Crippen LogP contribution in [0.4, 0.5) is 26.3 Å². The number of carbonyl (C=O) groups is 1. The van der Waals surface area contributed by atoms with E-state index in [4.69, 9.17) is 16.7 Å². The Balaban J connectivity index is 2.18. The van der Waals surface area contributed by atoms with Crippen molar-refractivity contribution in [1.29, 1.82) is 0 Å². The number of hydrogen-bond acceptors (Lipinski definition) is 4. The van der Waals surface area contributed by atoms with Gasteiger partial charge in [0, 0.05) is 11.6 Å². The minimum Gasteiger partial charge on any atom is -0.382 e. The van der Waals surface area contributed by atoms with E-state index in [9.17, 15) is 35.9 Å². The van der Waals surface area contributed by atoms with Gasteiger partial charge in [0.2, 0.25) is 6.30 Å². The molecule has 0 radical (unpaired) electrons. The number of nitrogens with one attached hydrogen (secondary N) is 1. The summed E-state index contributed by atoms with van der Waals surface area (Å²) in [4.78, 5) is 25.2. The molecule has 1 amide bonds. The number of alkyl halides is 3. The van der Waals surface area contributed by atoms with Gasteiger partial charge in [0.1, 0.15) is 23.0 Å². The van der Waals surface area contributed by atoms with Crippen molar-refractivity contribution in [3.05, 3.63) is 80.9 Å². The molecule has 2 aromatic carbocycles. The maximum atomic E-state index is 13.9. The number of carbonyl (C=O) groups excluding carboxylic acids is 1. The monoisotopic (exact) mass is 491 g/mol. The van der Waals surface area contributed by atoms with Gasteiger partial charge < -0.3 is 10.4 Å². The third kappa shape index (κ3) is 5.34. The molecule has 0 fully saturated rings. The van der Waals surface area contributed by atoms with E-state index in [0.717, 1.165) is 18.2 Å². The number of aliphatic hydroxyl groups is 1. The maximum absolute atomic E-state index is 13.9. The number of hydrogen-bond donors (Lipinski definition) is 2. The molecule has 0 bridgehead atoms. The van der Waals surface area contributed by atoms with Crippen molar-refractivity contribution in [1.82, 2.24) is 15.1 Å². The molecule has 1 unspecified atom stereocenters. The fourth-order valence-corrected chi connectivity index (χ4v) is 2.82. The molecule has 0 saturated heterocycles. The van der Waals surface area contributed by atoms with Gasteiger partial charge in [0.05, 0.1) is 16.4 Å². The van der Waals surface area contributed by atoms with Gasteiger partial charge in [-0.1, -0.05) is 17.7 Å². The summed E-state index contributed by atoms with van der Waals surface area (Å²) in [7, 11) is 0.